The predicted octanol–water partition coefficient (Wildman–Crippen LogP) is 1.34. The summed E-state index contributed by atoms with van der Waals surface area (Å²) in [5.41, 5.74) is 6.50. The minimum atomic E-state index is 0.0173. The molecule has 2 rings (SSSR count). The Morgan fingerprint density at radius 3 is 3.05 bits per heavy atom. The highest BCUT2D eigenvalue weighted by atomic mass is 32.2. The van der Waals surface area contributed by atoms with E-state index in [1.807, 2.05) is 16.8 Å². The van der Waals surface area contributed by atoms with E-state index < -0.39 is 0 Å². The molecule has 8 heteroatoms. The largest absolute Gasteiger partial charge is 0.415 e. The lowest BCUT2D eigenvalue weighted by molar-refractivity contribution is -0.127. The average Bonchev–Trinajstić information content (AvgIpc) is 3.06. The predicted molar refractivity (Wildman–Crippen MR) is 73.7 cm³/mol. The fourth-order valence-electron chi connectivity index (χ4n) is 1.36. The second kappa shape index (κ2) is 6.69. The summed E-state index contributed by atoms with van der Waals surface area (Å²) >= 11 is 2.84. The summed E-state index contributed by atoms with van der Waals surface area (Å²) < 4.78 is 5.22. The van der Waals surface area contributed by atoms with Crippen LogP contribution in [0.2, 0.25) is 0 Å². The van der Waals surface area contributed by atoms with E-state index in [4.69, 9.17) is 10.2 Å². The van der Waals surface area contributed by atoms with Gasteiger partial charge in [0.05, 0.1) is 12.3 Å². The highest BCUT2D eigenvalue weighted by Gasteiger charge is 2.13. The fourth-order valence-corrected chi connectivity index (χ4v) is 2.74. The van der Waals surface area contributed by atoms with Gasteiger partial charge < -0.3 is 15.1 Å². The molecule has 0 atom stereocenters. The summed E-state index contributed by atoms with van der Waals surface area (Å²) in [7, 11) is 1.78. The van der Waals surface area contributed by atoms with Gasteiger partial charge in [-0.05, 0) is 22.4 Å². The number of thiophene rings is 1. The van der Waals surface area contributed by atoms with Gasteiger partial charge in [0.2, 0.25) is 11.8 Å². The molecule has 2 aromatic heterocycles. The van der Waals surface area contributed by atoms with Crippen molar-refractivity contribution in [2.45, 2.75) is 18.3 Å². The van der Waals surface area contributed by atoms with E-state index in [2.05, 4.69) is 10.2 Å². The van der Waals surface area contributed by atoms with Crippen molar-refractivity contribution in [3.05, 3.63) is 28.3 Å². The number of hydrogen-bond donors (Lipinski definition) is 1. The number of hydrogen-bond acceptors (Lipinski definition) is 7. The van der Waals surface area contributed by atoms with Gasteiger partial charge in [-0.15, -0.1) is 10.2 Å². The van der Waals surface area contributed by atoms with Crippen LogP contribution in [0.25, 0.3) is 0 Å². The Labute approximate surface area is 119 Å². The zero-order valence-corrected chi connectivity index (χ0v) is 12.0. The highest BCUT2D eigenvalue weighted by Crippen LogP contribution is 2.17. The summed E-state index contributed by atoms with van der Waals surface area (Å²) in [5.74, 6) is 0.664. The van der Waals surface area contributed by atoms with Crippen LogP contribution in [0.5, 0.6) is 0 Å². The molecule has 0 fully saturated rings. The SMILES string of the molecule is CN(Cc1ccsc1)C(=O)CSc1nnc(CN)o1. The Bertz CT molecular complexity index is 527. The Morgan fingerprint density at radius 2 is 2.42 bits per heavy atom. The van der Waals surface area contributed by atoms with Gasteiger partial charge in [0.25, 0.3) is 5.22 Å². The Balaban J connectivity index is 1.80. The lowest BCUT2D eigenvalue weighted by Gasteiger charge is -2.15. The number of carbonyl (C=O) groups is 1. The second-order valence-electron chi connectivity index (χ2n) is 3.84. The number of nitrogens with two attached hydrogens (primary N) is 1. The normalized spacial score (nSPS) is 10.6. The maximum atomic E-state index is 11.9. The minimum absolute atomic E-state index is 0.0173. The molecule has 0 aliphatic rings. The molecule has 0 spiro atoms. The first-order valence-electron chi connectivity index (χ1n) is 5.59. The van der Waals surface area contributed by atoms with E-state index in [1.54, 1.807) is 23.3 Å². The van der Waals surface area contributed by atoms with Gasteiger partial charge in [-0.25, -0.2) is 0 Å². The molecule has 0 unspecified atom stereocenters. The van der Waals surface area contributed by atoms with Crippen molar-refractivity contribution in [2.75, 3.05) is 12.8 Å². The molecule has 0 aliphatic heterocycles. The fraction of sp³-hybridized carbons (Fsp3) is 0.364. The number of carbonyl (C=O) groups excluding carboxylic acids is 1. The molecule has 2 N–H and O–H groups in total. The van der Waals surface area contributed by atoms with Crippen LogP contribution >= 0.6 is 23.1 Å². The number of amides is 1. The molecular formula is C11H14N4O2S2. The molecule has 0 saturated carbocycles. The molecule has 6 nitrogen and oxygen atoms in total. The number of thioether (sulfide) groups is 1. The van der Waals surface area contributed by atoms with Crippen LogP contribution in [0.4, 0.5) is 0 Å². The maximum Gasteiger partial charge on any atom is 0.277 e. The number of rotatable bonds is 6. The Kier molecular flexibility index (Phi) is 4.94. The summed E-state index contributed by atoms with van der Waals surface area (Å²) in [5, 5.41) is 11.9. The zero-order chi connectivity index (χ0) is 13.7. The van der Waals surface area contributed by atoms with Crippen LogP contribution in [0.1, 0.15) is 11.5 Å². The van der Waals surface area contributed by atoms with Crippen LogP contribution in [0, 0.1) is 0 Å². The van der Waals surface area contributed by atoms with Crippen molar-refractivity contribution >= 4 is 29.0 Å². The van der Waals surface area contributed by atoms with E-state index in [0.29, 0.717) is 17.7 Å². The first-order chi connectivity index (χ1) is 9.19. The smallest absolute Gasteiger partial charge is 0.277 e. The van der Waals surface area contributed by atoms with Crippen LogP contribution in [-0.4, -0.2) is 33.8 Å². The van der Waals surface area contributed by atoms with Crippen molar-refractivity contribution in [1.82, 2.24) is 15.1 Å². The number of aromatic nitrogens is 2. The third-order valence-corrected chi connectivity index (χ3v) is 3.90. The molecule has 1 amide bonds. The third-order valence-electron chi connectivity index (χ3n) is 2.37. The molecule has 0 aliphatic carbocycles. The molecular weight excluding hydrogens is 284 g/mol. The molecule has 0 aromatic carbocycles. The summed E-state index contributed by atoms with van der Waals surface area (Å²) in [6.07, 6.45) is 0. The van der Waals surface area contributed by atoms with Gasteiger partial charge in [0, 0.05) is 13.6 Å². The topological polar surface area (TPSA) is 85.2 Å². The van der Waals surface area contributed by atoms with Crippen molar-refractivity contribution in [3.8, 4) is 0 Å². The minimum Gasteiger partial charge on any atom is -0.415 e. The zero-order valence-electron chi connectivity index (χ0n) is 10.4. The maximum absolute atomic E-state index is 11.9. The van der Waals surface area contributed by atoms with Crippen molar-refractivity contribution in [3.63, 3.8) is 0 Å². The standard InChI is InChI=1S/C11H14N4O2S2/c1-15(5-8-2-3-18-6-8)10(16)7-19-11-14-13-9(4-12)17-11/h2-3,6H,4-5,7,12H2,1H3. The molecule has 0 saturated heterocycles. The Hall–Kier alpha value is -1.38. The van der Waals surface area contributed by atoms with E-state index in [-0.39, 0.29) is 18.2 Å². The van der Waals surface area contributed by atoms with E-state index >= 15 is 0 Å². The van der Waals surface area contributed by atoms with Crippen molar-refractivity contribution in [1.29, 1.82) is 0 Å². The first kappa shape index (κ1) is 14.0. The van der Waals surface area contributed by atoms with E-state index in [0.717, 1.165) is 5.56 Å². The van der Waals surface area contributed by atoms with Crippen molar-refractivity contribution < 1.29 is 9.21 Å². The molecule has 2 aromatic rings. The number of nitrogens with zero attached hydrogens (tertiary/aromatic N) is 3. The molecule has 0 radical (unpaired) electrons. The molecule has 19 heavy (non-hydrogen) atoms. The Morgan fingerprint density at radius 1 is 1.58 bits per heavy atom. The van der Waals surface area contributed by atoms with Crippen LogP contribution in [0.3, 0.4) is 0 Å². The highest BCUT2D eigenvalue weighted by molar-refractivity contribution is 7.99. The summed E-state index contributed by atoms with van der Waals surface area (Å²) in [6, 6.07) is 2.01. The third kappa shape index (κ3) is 4.05. The van der Waals surface area contributed by atoms with Crippen LogP contribution in [-0.2, 0) is 17.9 Å². The summed E-state index contributed by atoms with van der Waals surface area (Å²) in [4.78, 5) is 13.6. The lowest BCUT2D eigenvalue weighted by Crippen LogP contribution is -2.27. The first-order valence-corrected chi connectivity index (χ1v) is 7.52. The lowest BCUT2D eigenvalue weighted by atomic mass is 10.3. The molecule has 2 heterocycles. The summed E-state index contributed by atoms with van der Waals surface area (Å²) in [6.45, 7) is 0.820. The van der Waals surface area contributed by atoms with Crippen LogP contribution in [0.15, 0.2) is 26.5 Å². The van der Waals surface area contributed by atoms with E-state index in [9.17, 15) is 4.79 Å². The van der Waals surface area contributed by atoms with Gasteiger partial charge in [-0.3, -0.25) is 4.79 Å². The monoisotopic (exact) mass is 298 g/mol. The van der Waals surface area contributed by atoms with Crippen LogP contribution < -0.4 is 5.73 Å². The van der Waals surface area contributed by atoms with Gasteiger partial charge >= 0.3 is 0 Å². The molecule has 102 valence electrons. The average molecular weight is 298 g/mol. The van der Waals surface area contributed by atoms with Gasteiger partial charge in [-0.1, -0.05) is 11.8 Å². The molecule has 0 bridgehead atoms. The van der Waals surface area contributed by atoms with Gasteiger partial charge in [-0.2, -0.15) is 11.3 Å². The van der Waals surface area contributed by atoms with Crippen molar-refractivity contribution in [2.24, 2.45) is 5.73 Å². The van der Waals surface area contributed by atoms with E-state index in [1.165, 1.54) is 11.8 Å². The van der Waals surface area contributed by atoms with Gasteiger partial charge in [0.1, 0.15) is 0 Å². The van der Waals surface area contributed by atoms with Gasteiger partial charge in [0.15, 0.2) is 0 Å². The second-order valence-corrected chi connectivity index (χ2v) is 5.54. The quantitative estimate of drug-likeness (QED) is 0.810.